The summed E-state index contributed by atoms with van der Waals surface area (Å²) in [6, 6.07) is 2.08. The van der Waals surface area contributed by atoms with Crippen LogP contribution in [-0.4, -0.2) is 49.3 Å². The Hall–Kier alpha value is -0.120. The van der Waals surface area contributed by atoms with Gasteiger partial charge in [-0.25, -0.2) is 0 Å². The molecule has 2 fully saturated rings. The van der Waals surface area contributed by atoms with E-state index in [2.05, 4.69) is 31.0 Å². The number of nitrogens with zero attached hydrogens (tertiary/aromatic N) is 1. The number of likely N-dealkylation sites (N-methyl/N-ethyl adjacent to an activating group) is 1. The molecule has 1 aliphatic heterocycles. The molecule has 2 atom stereocenters. The van der Waals surface area contributed by atoms with Gasteiger partial charge in [-0.05, 0) is 44.7 Å². The first kappa shape index (κ1) is 14.3. The largest absolute Gasteiger partial charge is 0.380 e. The van der Waals surface area contributed by atoms with E-state index >= 15 is 0 Å². The SMILES string of the molecule is CCNC1CCOCC1N(CCC(C)C)C1CC1. The molecule has 2 aliphatic rings. The summed E-state index contributed by atoms with van der Waals surface area (Å²) in [6.45, 7) is 11.0. The molecule has 1 aliphatic carbocycles. The fraction of sp³-hybridized carbons (Fsp3) is 1.00. The summed E-state index contributed by atoms with van der Waals surface area (Å²) in [5.74, 6) is 0.799. The highest BCUT2D eigenvalue weighted by Gasteiger charge is 2.38. The molecule has 0 aromatic heterocycles. The Bertz CT molecular complexity index is 239. The van der Waals surface area contributed by atoms with Crippen LogP contribution in [0.4, 0.5) is 0 Å². The van der Waals surface area contributed by atoms with Crippen LogP contribution in [0, 0.1) is 5.92 Å². The van der Waals surface area contributed by atoms with Crippen molar-refractivity contribution in [2.75, 3.05) is 26.3 Å². The van der Waals surface area contributed by atoms with Crippen LogP contribution in [0.5, 0.6) is 0 Å². The molecule has 0 aromatic rings. The van der Waals surface area contributed by atoms with Gasteiger partial charge in [0.25, 0.3) is 0 Å². The Morgan fingerprint density at radius 1 is 1.28 bits per heavy atom. The molecule has 0 bridgehead atoms. The molecule has 1 saturated carbocycles. The first-order valence-corrected chi connectivity index (χ1v) is 7.79. The number of nitrogens with one attached hydrogen (secondary N) is 1. The maximum atomic E-state index is 5.74. The lowest BCUT2D eigenvalue weighted by Crippen LogP contribution is -2.56. The molecule has 2 unspecified atom stereocenters. The van der Waals surface area contributed by atoms with Crippen LogP contribution in [0.1, 0.15) is 46.5 Å². The van der Waals surface area contributed by atoms with Crippen molar-refractivity contribution < 1.29 is 4.74 Å². The third-order valence-corrected chi connectivity index (χ3v) is 4.20. The van der Waals surface area contributed by atoms with E-state index in [1.165, 1.54) is 32.2 Å². The second-order valence-corrected chi connectivity index (χ2v) is 6.25. The predicted octanol–water partition coefficient (Wildman–Crippen LogP) is 2.26. The zero-order chi connectivity index (χ0) is 13.0. The third-order valence-electron chi connectivity index (χ3n) is 4.20. The van der Waals surface area contributed by atoms with Crippen molar-refractivity contribution in [1.29, 1.82) is 0 Å². The molecule has 0 spiro atoms. The van der Waals surface area contributed by atoms with Crippen molar-refractivity contribution in [1.82, 2.24) is 10.2 Å². The van der Waals surface area contributed by atoms with E-state index in [4.69, 9.17) is 4.74 Å². The molecule has 18 heavy (non-hydrogen) atoms. The summed E-state index contributed by atoms with van der Waals surface area (Å²) in [6.07, 6.45) is 5.27. The van der Waals surface area contributed by atoms with Crippen LogP contribution in [-0.2, 0) is 4.74 Å². The Morgan fingerprint density at radius 2 is 2.06 bits per heavy atom. The molecule has 2 rings (SSSR count). The van der Waals surface area contributed by atoms with Crippen LogP contribution in [0.15, 0.2) is 0 Å². The highest BCUT2D eigenvalue weighted by molar-refractivity contribution is 4.95. The van der Waals surface area contributed by atoms with E-state index in [1.54, 1.807) is 0 Å². The second kappa shape index (κ2) is 6.88. The van der Waals surface area contributed by atoms with Gasteiger partial charge in [0.15, 0.2) is 0 Å². The quantitative estimate of drug-likeness (QED) is 0.754. The maximum Gasteiger partial charge on any atom is 0.0637 e. The van der Waals surface area contributed by atoms with Gasteiger partial charge < -0.3 is 10.1 Å². The van der Waals surface area contributed by atoms with E-state index in [1.807, 2.05) is 0 Å². The minimum atomic E-state index is 0.602. The Balaban J connectivity index is 1.93. The van der Waals surface area contributed by atoms with Crippen LogP contribution < -0.4 is 5.32 Å². The first-order chi connectivity index (χ1) is 8.72. The van der Waals surface area contributed by atoms with Gasteiger partial charge in [-0.15, -0.1) is 0 Å². The number of hydrogen-bond donors (Lipinski definition) is 1. The molecule has 1 saturated heterocycles. The number of hydrogen-bond acceptors (Lipinski definition) is 3. The van der Waals surface area contributed by atoms with Gasteiger partial charge in [0.05, 0.1) is 6.61 Å². The van der Waals surface area contributed by atoms with Crippen molar-refractivity contribution in [3.05, 3.63) is 0 Å². The molecule has 106 valence electrons. The van der Waals surface area contributed by atoms with Crippen molar-refractivity contribution >= 4 is 0 Å². The Labute approximate surface area is 112 Å². The zero-order valence-electron chi connectivity index (χ0n) is 12.3. The zero-order valence-corrected chi connectivity index (χ0v) is 12.3. The van der Waals surface area contributed by atoms with Crippen LogP contribution >= 0.6 is 0 Å². The first-order valence-electron chi connectivity index (χ1n) is 7.79. The van der Waals surface area contributed by atoms with E-state index in [9.17, 15) is 0 Å². The minimum Gasteiger partial charge on any atom is -0.380 e. The fourth-order valence-electron chi connectivity index (χ4n) is 2.98. The molecular weight excluding hydrogens is 224 g/mol. The summed E-state index contributed by atoms with van der Waals surface area (Å²) in [7, 11) is 0. The summed E-state index contributed by atoms with van der Waals surface area (Å²) in [4.78, 5) is 2.74. The summed E-state index contributed by atoms with van der Waals surface area (Å²) in [5.41, 5.74) is 0. The molecule has 3 heteroatoms. The lowest BCUT2D eigenvalue weighted by molar-refractivity contribution is -0.00765. The summed E-state index contributed by atoms with van der Waals surface area (Å²) >= 11 is 0. The smallest absolute Gasteiger partial charge is 0.0637 e. The normalized spacial score (nSPS) is 29.2. The number of rotatable bonds is 7. The third kappa shape index (κ3) is 3.94. The molecule has 0 radical (unpaired) electrons. The van der Waals surface area contributed by atoms with Crippen LogP contribution in [0.3, 0.4) is 0 Å². The van der Waals surface area contributed by atoms with Gasteiger partial charge in [-0.3, -0.25) is 4.90 Å². The topological polar surface area (TPSA) is 24.5 Å². The van der Waals surface area contributed by atoms with E-state index in [0.29, 0.717) is 12.1 Å². The highest BCUT2D eigenvalue weighted by atomic mass is 16.5. The van der Waals surface area contributed by atoms with Gasteiger partial charge in [-0.1, -0.05) is 20.8 Å². The van der Waals surface area contributed by atoms with Gasteiger partial charge >= 0.3 is 0 Å². The standard InChI is InChI=1S/C15H30N2O/c1-4-16-14-8-10-18-11-15(14)17(13-5-6-13)9-7-12(2)3/h12-16H,4-11H2,1-3H3. The van der Waals surface area contributed by atoms with Crippen molar-refractivity contribution in [2.45, 2.75) is 64.6 Å². The van der Waals surface area contributed by atoms with Gasteiger partial charge in [-0.2, -0.15) is 0 Å². The Kier molecular flexibility index (Phi) is 5.46. The van der Waals surface area contributed by atoms with Crippen molar-refractivity contribution in [3.8, 4) is 0 Å². The van der Waals surface area contributed by atoms with Gasteiger partial charge in [0.1, 0.15) is 0 Å². The Morgan fingerprint density at radius 3 is 2.67 bits per heavy atom. The minimum absolute atomic E-state index is 0.602. The maximum absolute atomic E-state index is 5.74. The van der Waals surface area contributed by atoms with E-state index < -0.39 is 0 Å². The lowest BCUT2D eigenvalue weighted by atomic mass is 10.00. The fourth-order valence-corrected chi connectivity index (χ4v) is 2.98. The summed E-state index contributed by atoms with van der Waals surface area (Å²) in [5, 5.41) is 3.66. The monoisotopic (exact) mass is 254 g/mol. The summed E-state index contributed by atoms with van der Waals surface area (Å²) < 4.78 is 5.74. The molecule has 1 heterocycles. The molecule has 0 amide bonds. The van der Waals surface area contributed by atoms with E-state index in [-0.39, 0.29) is 0 Å². The van der Waals surface area contributed by atoms with Gasteiger partial charge in [0.2, 0.25) is 0 Å². The average Bonchev–Trinajstić information content (AvgIpc) is 3.16. The average molecular weight is 254 g/mol. The van der Waals surface area contributed by atoms with E-state index in [0.717, 1.165) is 31.7 Å². The van der Waals surface area contributed by atoms with Crippen molar-refractivity contribution in [2.24, 2.45) is 5.92 Å². The highest BCUT2D eigenvalue weighted by Crippen LogP contribution is 2.31. The van der Waals surface area contributed by atoms with Crippen LogP contribution in [0.2, 0.25) is 0 Å². The molecule has 0 aromatic carbocycles. The predicted molar refractivity (Wildman–Crippen MR) is 75.9 cm³/mol. The molecule has 3 nitrogen and oxygen atoms in total. The van der Waals surface area contributed by atoms with Crippen LogP contribution in [0.25, 0.3) is 0 Å². The second-order valence-electron chi connectivity index (χ2n) is 6.25. The molecule has 1 N–H and O–H groups in total. The number of ether oxygens (including phenoxy) is 1. The van der Waals surface area contributed by atoms with Gasteiger partial charge in [0, 0.05) is 24.7 Å². The molecular formula is C15H30N2O. The lowest BCUT2D eigenvalue weighted by Gasteiger charge is -2.40. The van der Waals surface area contributed by atoms with Crippen molar-refractivity contribution in [3.63, 3.8) is 0 Å².